The van der Waals surface area contributed by atoms with Crippen molar-refractivity contribution in [2.75, 3.05) is 13.2 Å². The lowest BCUT2D eigenvalue weighted by molar-refractivity contribution is 0.00282. The number of halogens is 1. The minimum Gasteiger partial charge on any atom is -0.462 e. The minimum atomic E-state index is -4.02. The highest BCUT2D eigenvalue weighted by Crippen LogP contribution is 2.18. The smallest absolute Gasteiger partial charge is 0.339 e. The van der Waals surface area contributed by atoms with E-state index in [1.807, 2.05) is 37.3 Å². The number of oxime groups is 1. The number of carbonyl (C=O) groups excluding carboxylic acids is 1. The van der Waals surface area contributed by atoms with E-state index in [4.69, 9.17) is 13.8 Å². The van der Waals surface area contributed by atoms with Crippen LogP contribution < -0.4 is 0 Å². The van der Waals surface area contributed by atoms with Crippen LogP contribution in [0.1, 0.15) is 27.9 Å². The summed E-state index contributed by atoms with van der Waals surface area (Å²) in [7, 11) is -4.02. The Kier molecular flexibility index (Phi) is 9.22. The third kappa shape index (κ3) is 7.25. The first-order valence-electron chi connectivity index (χ1n) is 11.7. The maximum Gasteiger partial charge on any atom is 0.339 e. The van der Waals surface area contributed by atoms with Gasteiger partial charge in [-0.1, -0.05) is 59.3 Å². The van der Waals surface area contributed by atoms with Gasteiger partial charge in [0.25, 0.3) is 10.1 Å². The fourth-order valence-electron chi connectivity index (χ4n) is 3.50. The maximum absolute atomic E-state index is 12.7. The zero-order valence-electron chi connectivity index (χ0n) is 20.5. The molecule has 1 aromatic heterocycles. The molecule has 4 aromatic rings. The van der Waals surface area contributed by atoms with Crippen LogP contribution in [0, 0.1) is 6.92 Å². The standard InChI is InChI=1S/C28H25BrN2O6S/c1-20-11-13-24(14-12-20)38(33,34)36-19-23(15-17-35-28(32)25-9-2-3-10-26(25)29)37-31-18-22-7-4-6-21-8-5-16-30-27(21)22/h2-14,16,18,23H,15,17,19H2,1H3/b31-18+. The van der Waals surface area contributed by atoms with Gasteiger partial charge in [-0.25, -0.2) is 4.79 Å². The van der Waals surface area contributed by atoms with E-state index in [-0.39, 0.29) is 24.5 Å². The molecule has 0 aliphatic heterocycles. The number of esters is 1. The van der Waals surface area contributed by atoms with Crippen LogP contribution in [0.15, 0.2) is 99.6 Å². The first-order chi connectivity index (χ1) is 18.3. The van der Waals surface area contributed by atoms with Crippen molar-refractivity contribution in [3.8, 4) is 0 Å². The van der Waals surface area contributed by atoms with Gasteiger partial charge >= 0.3 is 5.97 Å². The third-order valence-electron chi connectivity index (χ3n) is 5.55. The molecule has 0 fully saturated rings. The molecule has 0 spiro atoms. The van der Waals surface area contributed by atoms with Crippen molar-refractivity contribution in [1.82, 2.24) is 4.98 Å². The highest BCUT2D eigenvalue weighted by atomic mass is 79.9. The average molecular weight is 597 g/mol. The molecule has 10 heteroatoms. The van der Waals surface area contributed by atoms with E-state index in [0.717, 1.165) is 22.0 Å². The van der Waals surface area contributed by atoms with E-state index in [1.54, 1.807) is 42.6 Å². The van der Waals surface area contributed by atoms with Gasteiger partial charge in [-0.15, -0.1) is 0 Å². The lowest BCUT2D eigenvalue weighted by atomic mass is 10.1. The Morgan fingerprint density at radius 1 is 1.03 bits per heavy atom. The van der Waals surface area contributed by atoms with Crippen LogP contribution in [0.25, 0.3) is 10.9 Å². The molecule has 1 atom stereocenters. The zero-order valence-corrected chi connectivity index (χ0v) is 22.9. The summed E-state index contributed by atoms with van der Waals surface area (Å²) in [6, 6.07) is 22.7. The van der Waals surface area contributed by atoms with E-state index >= 15 is 0 Å². The molecule has 1 heterocycles. The second-order valence-electron chi connectivity index (χ2n) is 8.34. The number of hydrogen-bond donors (Lipinski definition) is 0. The molecule has 0 radical (unpaired) electrons. The fourth-order valence-corrected chi connectivity index (χ4v) is 4.88. The van der Waals surface area contributed by atoms with Crippen molar-refractivity contribution in [1.29, 1.82) is 0 Å². The van der Waals surface area contributed by atoms with Crippen LogP contribution >= 0.6 is 15.9 Å². The first-order valence-corrected chi connectivity index (χ1v) is 13.9. The van der Waals surface area contributed by atoms with Gasteiger partial charge in [0.2, 0.25) is 0 Å². The van der Waals surface area contributed by atoms with E-state index in [9.17, 15) is 13.2 Å². The van der Waals surface area contributed by atoms with Crippen LogP contribution in [-0.2, 0) is 23.9 Å². The molecular weight excluding hydrogens is 572 g/mol. The Hall–Kier alpha value is -3.60. The molecule has 196 valence electrons. The number of pyridine rings is 1. The number of benzene rings is 3. The number of nitrogens with zero attached hydrogens (tertiary/aromatic N) is 2. The molecule has 0 amide bonds. The predicted molar refractivity (Wildman–Crippen MR) is 148 cm³/mol. The molecule has 0 aliphatic rings. The highest BCUT2D eigenvalue weighted by molar-refractivity contribution is 9.10. The zero-order chi connectivity index (χ0) is 27.0. The van der Waals surface area contributed by atoms with Gasteiger partial charge in [0.1, 0.15) is 6.61 Å². The third-order valence-corrected chi connectivity index (χ3v) is 7.54. The summed E-state index contributed by atoms with van der Waals surface area (Å²) < 4.78 is 36.6. The molecule has 4 rings (SSSR count). The summed E-state index contributed by atoms with van der Waals surface area (Å²) in [4.78, 5) is 22.5. The maximum atomic E-state index is 12.7. The van der Waals surface area contributed by atoms with Gasteiger partial charge in [0.15, 0.2) is 6.10 Å². The summed E-state index contributed by atoms with van der Waals surface area (Å²) in [6.45, 7) is 1.50. The Morgan fingerprint density at radius 2 is 1.79 bits per heavy atom. The number of aromatic nitrogens is 1. The molecular formula is C28H25BrN2O6S. The van der Waals surface area contributed by atoms with Crippen LogP contribution in [0.4, 0.5) is 0 Å². The monoisotopic (exact) mass is 596 g/mol. The van der Waals surface area contributed by atoms with E-state index in [0.29, 0.717) is 10.0 Å². The Bertz CT molecular complexity index is 1540. The number of fused-ring (bicyclic) bond motifs is 1. The van der Waals surface area contributed by atoms with Gasteiger partial charge in [0, 0.05) is 28.0 Å². The number of hydrogen-bond acceptors (Lipinski definition) is 8. The van der Waals surface area contributed by atoms with Crippen molar-refractivity contribution in [3.05, 3.63) is 106 Å². The second kappa shape index (κ2) is 12.8. The van der Waals surface area contributed by atoms with Crippen LogP contribution in [0.5, 0.6) is 0 Å². The summed E-state index contributed by atoms with van der Waals surface area (Å²) in [5.74, 6) is -0.519. The van der Waals surface area contributed by atoms with Crippen LogP contribution in [0.2, 0.25) is 0 Å². The molecule has 8 nitrogen and oxygen atoms in total. The Labute approximate surface area is 229 Å². The van der Waals surface area contributed by atoms with Crippen LogP contribution in [0.3, 0.4) is 0 Å². The molecule has 0 saturated carbocycles. The SMILES string of the molecule is Cc1ccc(S(=O)(=O)OCC(CCOC(=O)c2ccccc2Br)O/N=C/c2cccc3cccnc23)cc1. The number of aryl methyl sites for hydroxylation is 1. The van der Waals surface area contributed by atoms with Gasteiger partial charge in [-0.2, -0.15) is 8.42 Å². The number of rotatable bonds is 11. The summed E-state index contributed by atoms with van der Waals surface area (Å²) in [5.41, 5.74) is 2.79. The number of para-hydroxylation sites is 1. The second-order valence-corrected chi connectivity index (χ2v) is 10.8. The summed E-state index contributed by atoms with van der Waals surface area (Å²) >= 11 is 3.33. The summed E-state index contributed by atoms with van der Waals surface area (Å²) in [5, 5.41) is 5.00. The van der Waals surface area contributed by atoms with E-state index < -0.39 is 22.2 Å². The predicted octanol–water partition coefficient (Wildman–Crippen LogP) is 5.68. The van der Waals surface area contributed by atoms with Crippen molar-refractivity contribution in [2.45, 2.75) is 24.3 Å². The number of ether oxygens (including phenoxy) is 1. The van der Waals surface area contributed by atoms with Gasteiger partial charge in [-0.3, -0.25) is 9.17 Å². The molecule has 0 aliphatic carbocycles. The molecule has 0 bridgehead atoms. The van der Waals surface area contributed by atoms with E-state index in [2.05, 4.69) is 26.1 Å². The van der Waals surface area contributed by atoms with E-state index in [1.165, 1.54) is 18.3 Å². The molecule has 0 N–H and O–H groups in total. The lowest BCUT2D eigenvalue weighted by Crippen LogP contribution is -2.23. The Morgan fingerprint density at radius 3 is 2.58 bits per heavy atom. The Balaban J connectivity index is 1.44. The van der Waals surface area contributed by atoms with Crippen LogP contribution in [-0.4, -0.2) is 44.9 Å². The number of carbonyl (C=O) groups is 1. The molecule has 3 aromatic carbocycles. The van der Waals surface area contributed by atoms with Gasteiger partial charge in [0.05, 0.1) is 28.8 Å². The van der Waals surface area contributed by atoms with Crippen molar-refractivity contribution >= 4 is 49.1 Å². The normalized spacial score (nSPS) is 12.5. The molecule has 38 heavy (non-hydrogen) atoms. The van der Waals surface area contributed by atoms with Gasteiger partial charge < -0.3 is 9.57 Å². The largest absolute Gasteiger partial charge is 0.462 e. The quantitative estimate of drug-likeness (QED) is 0.0949. The van der Waals surface area contributed by atoms with Crippen molar-refractivity contribution in [3.63, 3.8) is 0 Å². The lowest BCUT2D eigenvalue weighted by Gasteiger charge is -2.16. The topological polar surface area (TPSA) is 104 Å². The fraction of sp³-hybridized carbons (Fsp3) is 0.179. The molecule has 1 unspecified atom stereocenters. The minimum absolute atomic E-state index is 0.0348. The van der Waals surface area contributed by atoms with Crippen molar-refractivity contribution in [2.24, 2.45) is 5.16 Å². The summed E-state index contributed by atoms with van der Waals surface area (Å²) in [6.07, 6.45) is 2.52. The van der Waals surface area contributed by atoms with Crippen molar-refractivity contribution < 1.29 is 27.0 Å². The highest BCUT2D eigenvalue weighted by Gasteiger charge is 2.21. The molecule has 0 saturated heterocycles. The average Bonchev–Trinajstić information content (AvgIpc) is 2.92. The van der Waals surface area contributed by atoms with Gasteiger partial charge in [-0.05, 0) is 53.2 Å². The first kappa shape index (κ1) is 27.4.